The molecule has 0 aliphatic carbocycles. The minimum Gasteiger partial charge on any atom is -0.395 e. The first kappa shape index (κ1) is 28.9. The highest BCUT2D eigenvalue weighted by atomic mass is 79.9. The number of carbonyl (C=O) groups is 1. The monoisotopic (exact) mass is 648 g/mol. The normalized spacial score (nSPS) is 24.4. The molecule has 3 heterocycles. The first-order valence-electron chi connectivity index (χ1n) is 14.3. The summed E-state index contributed by atoms with van der Waals surface area (Å²) in [7, 11) is -3.30. The predicted octanol–water partition coefficient (Wildman–Crippen LogP) is 6.71. The Morgan fingerprint density at radius 3 is 2.45 bits per heavy atom. The Labute approximate surface area is 254 Å². The van der Waals surface area contributed by atoms with Gasteiger partial charge in [0.1, 0.15) is 0 Å². The summed E-state index contributed by atoms with van der Waals surface area (Å²) in [6, 6.07) is 25.0. The van der Waals surface area contributed by atoms with Crippen LogP contribution in [-0.2, 0) is 21.7 Å². The summed E-state index contributed by atoms with van der Waals surface area (Å²) in [5.74, 6) is -0.853. The van der Waals surface area contributed by atoms with Gasteiger partial charge in [-0.2, -0.15) is 0 Å². The van der Waals surface area contributed by atoms with Crippen molar-refractivity contribution < 1.29 is 18.7 Å². The molecule has 218 valence electrons. The van der Waals surface area contributed by atoms with Crippen LogP contribution in [0.3, 0.4) is 0 Å². The third kappa shape index (κ3) is 4.84. The van der Waals surface area contributed by atoms with Crippen LogP contribution in [0.4, 0.5) is 15.5 Å². The summed E-state index contributed by atoms with van der Waals surface area (Å²) in [4.78, 5) is 16.2. The van der Waals surface area contributed by atoms with E-state index in [0.29, 0.717) is 18.7 Å². The fourth-order valence-corrected chi connectivity index (χ4v) is 9.85. The zero-order valence-electron chi connectivity index (χ0n) is 23.8. The van der Waals surface area contributed by atoms with Crippen LogP contribution in [-0.4, -0.2) is 47.1 Å². The second kappa shape index (κ2) is 11.1. The van der Waals surface area contributed by atoms with E-state index >= 15 is 4.11 Å². The summed E-state index contributed by atoms with van der Waals surface area (Å²) in [5.41, 5.74) is 2.19. The summed E-state index contributed by atoms with van der Waals surface area (Å²) in [5, 5.41) is 18.7. The van der Waals surface area contributed by atoms with Gasteiger partial charge in [0.15, 0.2) is 5.60 Å². The fraction of sp³-hybridized carbons (Fsp3) is 0.344. The number of aliphatic hydroxyl groups is 1. The van der Waals surface area contributed by atoms with Crippen LogP contribution < -0.4 is 4.90 Å². The molecule has 1 amide bonds. The SMILES string of the molecule is C[C@@H]1[C@@H]([Si](C)(C)F)[C@H](CCn2cc(C(CO)c3ccccc3)nn2)O[C@@]12C(=O)N(c1ccccc1)c1ccc(Br)cc12. The van der Waals surface area contributed by atoms with E-state index in [9.17, 15) is 9.90 Å². The van der Waals surface area contributed by atoms with Crippen molar-refractivity contribution in [3.8, 4) is 0 Å². The number of rotatable bonds is 8. The number of anilines is 2. The third-order valence-electron chi connectivity index (χ3n) is 8.79. The molecule has 0 saturated carbocycles. The first-order chi connectivity index (χ1) is 20.1. The molecule has 0 radical (unpaired) electrons. The first-order valence-corrected chi connectivity index (χ1v) is 18.0. The molecule has 1 saturated heterocycles. The number of amides is 1. The lowest BCUT2D eigenvalue weighted by molar-refractivity contribution is -0.145. The maximum Gasteiger partial charge on any atom is 0.268 e. The van der Waals surface area contributed by atoms with Crippen molar-refractivity contribution in [3.63, 3.8) is 0 Å². The highest BCUT2D eigenvalue weighted by Gasteiger charge is 2.66. The minimum absolute atomic E-state index is 0.0901. The van der Waals surface area contributed by atoms with Gasteiger partial charge in [0.05, 0.1) is 30.0 Å². The number of aryl methyl sites for hydroxylation is 1. The average Bonchev–Trinajstić information content (AvgIpc) is 3.63. The molecular formula is C32H34BrFN4O3Si. The number of hydrogen-bond donors (Lipinski definition) is 1. The van der Waals surface area contributed by atoms with Crippen molar-refractivity contribution in [2.24, 2.45) is 5.92 Å². The molecule has 2 aliphatic heterocycles. The number of benzene rings is 3. The van der Waals surface area contributed by atoms with Gasteiger partial charge in [-0.25, -0.2) is 0 Å². The summed E-state index contributed by atoms with van der Waals surface area (Å²) < 4.78 is 25.6. The standard InChI is InChI=1S/C32H34BrFN4O3Si/c1-21-30(42(2,3)34)29(16-17-37-19-27(35-36-37)25(20-39)22-10-6-4-7-11-22)41-32(21)26-18-23(33)14-15-28(26)38(31(32)40)24-12-8-5-9-13-24/h4-15,18-19,21,25,29-30,39H,16-17,20H2,1-3H3/t21-,25?,29+,30-,32+/m1/s1. The van der Waals surface area contributed by atoms with Gasteiger partial charge in [-0.1, -0.05) is 76.6 Å². The van der Waals surface area contributed by atoms with Crippen molar-refractivity contribution in [1.82, 2.24) is 15.0 Å². The van der Waals surface area contributed by atoms with E-state index in [4.69, 9.17) is 4.74 Å². The van der Waals surface area contributed by atoms with E-state index in [1.165, 1.54) is 0 Å². The Kier molecular flexibility index (Phi) is 7.67. The fourth-order valence-electron chi connectivity index (χ4n) is 6.94. The van der Waals surface area contributed by atoms with Crippen molar-refractivity contribution in [3.05, 3.63) is 106 Å². The number of hydrogen-bond acceptors (Lipinski definition) is 5. The molecule has 1 aromatic heterocycles. The molecule has 5 atom stereocenters. The maximum atomic E-state index is 16.2. The highest BCUT2D eigenvalue weighted by molar-refractivity contribution is 9.10. The van der Waals surface area contributed by atoms with Gasteiger partial charge in [0.2, 0.25) is 8.41 Å². The molecule has 4 aromatic rings. The molecule has 42 heavy (non-hydrogen) atoms. The van der Waals surface area contributed by atoms with Crippen molar-refractivity contribution in [2.75, 3.05) is 11.5 Å². The summed E-state index contributed by atoms with van der Waals surface area (Å²) in [6.07, 6.45) is 1.81. The van der Waals surface area contributed by atoms with Crippen LogP contribution in [0.1, 0.15) is 36.1 Å². The molecule has 6 rings (SSSR count). The van der Waals surface area contributed by atoms with Crippen LogP contribution in [0.15, 0.2) is 89.5 Å². The van der Waals surface area contributed by atoms with Crippen molar-refractivity contribution in [2.45, 2.75) is 56.1 Å². The number of aliphatic hydroxyl groups excluding tert-OH is 1. The van der Waals surface area contributed by atoms with Crippen LogP contribution in [0.25, 0.3) is 0 Å². The molecule has 7 nitrogen and oxygen atoms in total. The summed E-state index contributed by atoms with van der Waals surface area (Å²) in [6.45, 7) is 5.73. The van der Waals surface area contributed by atoms with Gasteiger partial charge in [0.25, 0.3) is 5.91 Å². The predicted molar refractivity (Wildman–Crippen MR) is 166 cm³/mol. The Balaban J connectivity index is 1.32. The average molecular weight is 650 g/mol. The lowest BCUT2D eigenvalue weighted by atomic mass is 9.82. The van der Waals surface area contributed by atoms with Crippen LogP contribution in [0.2, 0.25) is 18.6 Å². The lowest BCUT2D eigenvalue weighted by Gasteiger charge is -2.31. The number of fused-ring (bicyclic) bond motifs is 2. The van der Waals surface area contributed by atoms with Gasteiger partial charge in [-0.05, 0) is 55.4 Å². The van der Waals surface area contributed by atoms with Gasteiger partial charge in [-0.3, -0.25) is 14.4 Å². The Bertz CT molecular complexity index is 1580. The largest absolute Gasteiger partial charge is 0.395 e. The van der Waals surface area contributed by atoms with Crippen LogP contribution in [0.5, 0.6) is 0 Å². The number of ether oxygens (including phenoxy) is 1. The molecule has 0 bridgehead atoms. The summed E-state index contributed by atoms with van der Waals surface area (Å²) >= 11 is 3.59. The highest BCUT2D eigenvalue weighted by Crippen LogP contribution is 2.61. The van der Waals surface area contributed by atoms with Crippen molar-refractivity contribution >= 4 is 41.6 Å². The van der Waals surface area contributed by atoms with Gasteiger partial charge in [-0.15, -0.1) is 5.10 Å². The number of aromatic nitrogens is 3. The number of carbonyl (C=O) groups excluding carboxylic acids is 1. The molecule has 1 N–H and O–H groups in total. The van der Waals surface area contributed by atoms with E-state index in [0.717, 1.165) is 27.0 Å². The molecule has 3 aromatic carbocycles. The topological polar surface area (TPSA) is 80.5 Å². The number of halogens is 2. The second-order valence-corrected chi connectivity index (χ2v) is 16.5. The Hall–Kier alpha value is -3.18. The van der Waals surface area contributed by atoms with Crippen LogP contribution >= 0.6 is 15.9 Å². The molecule has 10 heteroatoms. The van der Waals surface area contributed by atoms with Gasteiger partial charge < -0.3 is 14.0 Å². The van der Waals surface area contributed by atoms with E-state index in [2.05, 4.69) is 26.2 Å². The maximum absolute atomic E-state index is 16.2. The van der Waals surface area contributed by atoms with E-state index in [1.54, 1.807) is 22.7 Å². The van der Waals surface area contributed by atoms with Gasteiger partial charge in [0, 0.05) is 39.9 Å². The minimum atomic E-state index is -3.30. The number of para-hydroxylation sites is 1. The van der Waals surface area contributed by atoms with E-state index < -0.39 is 25.7 Å². The second-order valence-electron chi connectivity index (χ2n) is 11.7. The zero-order valence-corrected chi connectivity index (χ0v) is 26.4. The van der Waals surface area contributed by atoms with Crippen LogP contribution in [0, 0.1) is 5.92 Å². The van der Waals surface area contributed by atoms with E-state index in [1.807, 2.05) is 92.0 Å². The smallest absolute Gasteiger partial charge is 0.268 e. The van der Waals surface area contributed by atoms with Crippen molar-refractivity contribution in [1.29, 1.82) is 0 Å². The molecule has 1 unspecified atom stereocenters. The van der Waals surface area contributed by atoms with E-state index in [-0.39, 0.29) is 24.3 Å². The molecule has 1 spiro atoms. The van der Waals surface area contributed by atoms with Gasteiger partial charge >= 0.3 is 0 Å². The third-order valence-corrected chi connectivity index (χ3v) is 11.7. The Morgan fingerprint density at radius 2 is 1.79 bits per heavy atom. The lowest BCUT2D eigenvalue weighted by Crippen LogP contribution is -2.44. The molecule has 1 fully saturated rings. The Morgan fingerprint density at radius 1 is 1.10 bits per heavy atom. The zero-order chi connectivity index (χ0) is 29.6. The quantitative estimate of drug-likeness (QED) is 0.170. The molecular weight excluding hydrogens is 615 g/mol. The molecule has 2 aliphatic rings. The number of nitrogens with zero attached hydrogens (tertiary/aromatic N) is 4.